The Labute approximate surface area is 139 Å². The molecular weight excluding hydrogens is 378 g/mol. The van der Waals surface area contributed by atoms with Gasteiger partial charge in [-0.05, 0) is 34.4 Å². The van der Waals surface area contributed by atoms with E-state index in [9.17, 15) is 13.6 Å². The molecule has 3 N–H and O–H groups in total. The van der Waals surface area contributed by atoms with Crippen molar-refractivity contribution in [3.05, 3.63) is 56.9 Å². The zero-order valence-corrected chi connectivity index (χ0v) is 13.6. The van der Waals surface area contributed by atoms with Crippen LogP contribution in [0.1, 0.15) is 5.56 Å². The molecule has 0 spiro atoms. The van der Waals surface area contributed by atoms with Gasteiger partial charge >= 0.3 is 0 Å². The highest BCUT2D eigenvalue weighted by atomic mass is 79.9. The molecule has 0 aliphatic carbocycles. The number of aromatic nitrogens is 1. The molecule has 0 aliphatic rings. The smallest absolute Gasteiger partial charge is 0.285 e. The van der Waals surface area contributed by atoms with Crippen molar-refractivity contribution in [2.75, 3.05) is 6.54 Å². The van der Waals surface area contributed by atoms with E-state index in [-0.39, 0.29) is 23.5 Å². The summed E-state index contributed by atoms with van der Waals surface area (Å²) in [5.74, 6) is -3.15. The quantitative estimate of drug-likeness (QED) is 0.653. The predicted octanol–water partition coefficient (Wildman–Crippen LogP) is 3.92. The number of nitrogens with one attached hydrogen (secondary N) is 1. The molecule has 3 aromatic rings. The molecule has 0 fully saturated rings. The first kappa shape index (κ1) is 16.9. The standard InChI is InChI=1S/C15H11BrF2N2O.ClH/c16-9-1-2-10-11(5-9)12-6-20-14(21)4-8(12)3-13(10)15(17,18)7-19;/h1-6H,7,19H2,(H,20,21);1H. The molecule has 3 rings (SSSR count). The van der Waals surface area contributed by atoms with Crippen molar-refractivity contribution in [2.45, 2.75) is 5.92 Å². The maximum Gasteiger partial charge on any atom is 0.285 e. The van der Waals surface area contributed by atoms with Crippen LogP contribution in [0.3, 0.4) is 0 Å². The average Bonchev–Trinajstić information content (AvgIpc) is 2.45. The minimum absolute atomic E-state index is 0. The van der Waals surface area contributed by atoms with Gasteiger partial charge in [0.25, 0.3) is 5.92 Å². The summed E-state index contributed by atoms with van der Waals surface area (Å²) in [6.07, 6.45) is 1.54. The van der Waals surface area contributed by atoms with Crippen molar-refractivity contribution < 1.29 is 8.78 Å². The summed E-state index contributed by atoms with van der Waals surface area (Å²) < 4.78 is 29.0. The Morgan fingerprint density at radius 2 is 1.86 bits per heavy atom. The molecule has 0 unspecified atom stereocenters. The Balaban J connectivity index is 0.00000176. The van der Waals surface area contributed by atoms with Crippen LogP contribution in [-0.4, -0.2) is 11.5 Å². The molecule has 0 saturated carbocycles. The van der Waals surface area contributed by atoms with Crippen molar-refractivity contribution in [3.8, 4) is 0 Å². The van der Waals surface area contributed by atoms with E-state index >= 15 is 0 Å². The lowest BCUT2D eigenvalue weighted by Gasteiger charge is -2.18. The summed E-state index contributed by atoms with van der Waals surface area (Å²) in [6.45, 7) is -0.785. The normalized spacial score (nSPS) is 11.6. The summed E-state index contributed by atoms with van der Waals surface area (Å²) >= 11 is 3.34. The maximum absolute atomic E-state index is 14.1. The van der Waals surface area contributed by atoms with Crippen LogP contribution in [0.4, 0.5) is 8.78 Å². The molecule has 0 atom stereocenters. The molecule has 3 nitrogen and oxygen atoms in total. The van der Waals surface area contributed by atoms with E-state index in [1.54, 1.807) is 18.2 Å². The molecule has 0 radical (unpaired) electrons. The van der Waals surface area contributed by atoms with Gasteiger partial charge in [-0.25, -0.2) is 0 Å². The van der Waals surface area contributed by atoms with Crippen LogP contribution in [0.15, 0.2) is 45.8 Å². The van der Waals surface area contributed by atoms with Crippen molar-refractivity contribution >= 4 is 49.9 Å². The van der Waals surface area contributed by atoms with E-state index in [0.717, 1.165) is 4.47 Å². The van der Waals surface area contributed by atoms with Gasteiger partial charge in [-0.15, -0.1) is 12.4 Å². The van der Waals surface area contributed by atoms with Crippen molar-refractivity contribution in [2.24, 2.45) is 5.73 Å². The Hall–Kier alpha value is -1.50. The molecule has 22 heavy (non-hydrogen) atoms. The minimum atomic E-state index is -3.15. The lowest BCUT2D eigenvalue weighted by Crippen LogP contribution is -2.25. The number of fused-ring (bicyclic) bond motifs is 3. The largest absolute Gasteiger partial charge is 0.328 e. The molecular formula is C15H12BrClF2N2O. The zero-order valence-electron chi connectivity index (χ0n) is 11.2. The van der Waals surface area contributed by atoms with Crippen LogP contribution in [-0.2, 0) is 5.92 Å². The number of pyridine rings is 1. The third-order valence-electron chi connectivity index (χ3n) is 3.47. The van der Waals surface area contributed by atoms with Gasteiger partial charge in [0.2, 0.25) is 5.56 Å². The first-order chi connectivity index (χ1) is 9.92. The molecule has 1 aromatic heterocycles. The van der Waals surface area contributed by atoms with Crippen molar-refractivity contribution in [1.29, 1.82) is 0 Å². The lowest BCUT2D eigenvalue weighted by atomic mass is 9.95. The van der Waals surface area contributed by atoms with Crippen LogP contribution < -0.4 is 11.3 Å². The number of benzene rings is 2. The number of H-pyrrole nitrogens is 1. The summed E-state index contributed by atoms with van der Waals surface area (Å²) in [6, 6.07) is 7.74. The first-order valence-electron chi connectivity index (χ1n) is 6.25. The maximum atomic E-state index is 14.1. The fourth-order valence-electron chi connectivity index (χ4n) is 2.46. The Morgan fingerprint density at radius 3 is 2.55 bits per heavy atom. The number of alkyl halides is 2. The molecule has 0 bridgehead atoms. The summed E-state index contributed by atoms with van der Waals surface area (Å²) in [7, 11) is 0. The van der Waals surface area contributed by atoms with Crippen LogP contribution in [0.2, 0.25) is 0 Å². The second kappa shape index (κ2) is 5.95. The third-order valence-corrected chi connectivity index (χ3v) is 3.96. The molecule has 1 heterocycles. The Bertz CT molecular complexity index is 911. The molecule has 7 heteroatoms. The highest BCUT2D eigenvalue weighted by Crippen LogP contribution is 2.37. The molecule has 116 valence electrons. The van der Waals surface area contributed by atoms with Crippen LogP contribution >= 0.6 is 28.3 Å². The van der Waals surface area contributed by atoms with Crippen LogP contribution in [0.25, 0.3) is 21.5 Å². The molecule has 0 saturated heterocycles. The highest BCUT2D eigenvalue weighted by Gasteiger charge is 2.32. The Morgan fingerprint density at radius 1 is 1.14 bits per heavy atom. The third kappa shape index (κ3) is 2.74. The molecule has 0 amide bonds. The zero-order chi connectivity index (χ0) is 15.2. The molecule has 2 aromatic carbocycles. The number of halogens is 4. The number of nitrogens with two attached hydrogens (primary N) is 1. The van der Waals surface area contributed by atoms with Crippen molar-refractivity contribution in [3.63, 3.8) is 0 Å². The fraction of sp³-hybridized carbons (Fsp3) is 0.133. The fourth-order valence-corrected chi connectivity index (χ4v) is 2.82. The highest BCUT2D eigenvalue weighted by molar-refractivity contribution is 9.10. The molecule has 0 aliphatic heterocycles. The summed E-state index contributed by atoms with van der Waals surface area (Å²) in [5, 5.41) is 2.24. The van der Waals surface area contributed by atoms with Gasteiger partial charge in [-0.3, -0.25) is 4.79 Å². The van der Waals surface area contributed by atoms with Gasteiger partial charge in [-0.2, -0.15) is 8.78 Å². The number of rotatable bonds is 2. The average molecular weight is 390 g/mol. The van der Waals surface area contributed by atoms with Crippen LogP contribution in [0, 0.1) is 0 Å². The van der Waals surface area contributed by atoms with Gasteiger partial charge in [0.05, 0.1) is 6.54 Å². The van der Waals surface area contributed by atoms with E-state index in [4.69, 9.17) is 5.73 Å². The van der Waals surface area contributed by atoms with Gasteiger partial charge < -0.3 is 10.7 Å². The number of hydrogen-bond donors (Lipinski definition) is 2. The van der Waals surface area contributed by atoms with Crippen LogP contribution in [0.5, 0.6) is 0 Å². The second-order valence-electron chi connectivity index (χ2n) is 4.82. The number of aromatic amines is 1. The summed E-state index contributed by atoms with van der Waals surface area (Å²) in [5.41, 5.74) is 4.71. The van der Waals surface area contributed by atoms with Gasteiger partial charge in [0.1, 0.15) is 0 Å². The monoisotopic (exact) mass is 388 g/mol. The summed E-state index contributed by atoms with van der Waals surface area (Å²) in [4.78, 5) is 14.0. The van der Waals surface area contributed by atoms with Gasteiger partial charge in [0, 0.05) is 27.7 Å². The van der Waals surface area contributed by atoms with Gasteiger partial charge in [-0.1, -0.05) is 22.0 Å². The SMILES string of the molecule is Cl.NCC(F)(F)c1cc2cc(=O)[nH]cc2c2cc(Br)ccc12. The minimum Gasteiger partial charge on any atom is -0.328 e. The van der Waals surface area contributed by atoms with E-state index < -0.39 is 12.5 Å². The predicted molar refractivity (Wildman–Crippen MR) is 90.0 cm³/mol. The lowest BCUT2D eigenvalue weighted by molar-refractivity contribution is 0.00765. The number of hydrogen-bond acceptors (Lipinski definition) is 2. The Kier molecular flexibility index (Phi) is 4.56. The topological polar surface area (TPSA) is 58.9 Å². The van der Waals surface area contributed by atoms with Gasteiger partial charge in [0.15, 0.2) is 0 Å². The van der Waals surface area contributed by atoms with E-state index in [1.807, 2.05) is 0 Å². The van der Waals surface area contributed by atoms with Crippen molar-refractivity contribution in [1.82, 2.24) is 4.98 Å². The first-order valence-corrected chi connectivity index (χ1v) is 7.05. The van der Waals surface area contributed by atoms with E-state index in [2.05, 4.69) is 20.9 Å². The van der Waals surface area contributed by atoms with E-state index in [0.29, 0.717) is 21.5 Å². The van der Waals surface area contributed by atoms with E-state index in [1.165, 1.54) is 18.3 Å². The second-order valence-corrected chi connectivity index (χ2v) is 5.74.